The van der Waals surface area contributed by atoms with Crippen molar-refractivity contribution in [3.05, 3.63) is 47.7 Å². The quantitative estimate of drug-likeness (QED) is 0.747. The van der Waals surface area contributed by atoms with Crippen LogP contribution in [-0.4, -0.2) is 31.9 Å². The molecule has 2 aromatic heterocycles. The molecule has 0 fully saturated rings. The van der Waals surface area contributed by atoms with Gasteiger partial charge in [0.25, 0.3) is 0 Å². The molecule has 2 N–H and O–H groups in total. The maximum absolute atomic E-state index is 9.81. The van der Waals surface area contributed by atoms with Crippen LogP contribution in [0.1, 0.15) is 38.8 Å². The molecule has 0 aliphatic rings. The fraction of sp³-hybridized carbons (Fsp3) is 0.350. The third-order valence-electron chi connectivity index (χ3n) is 3.68. The summed E-state index contributed by atoms with van der Waals surface area (Å²) in [5.41, 5.74) is 3.17. The smallest absolute Gasteiger partial charge is 0.160 e. The van der Waals surface area contributed by atoms with E-state index in [1.54, 1.807) is 24.4 Å². The summed E-state index contributed by atoms with van der Waals surface area (Å²) in [4.78, 5) is 4.58. The number of aryl methyl sites for hydroxylation is 1. The Kier molecular flexibility index (Phi) is 5.96. The van der Waals surface area contributed by atoms with Gasteiger partial charge in [-0.2, -0.15) is 10.4 Å². The van der Waals surface area contributed by atoms with Crippen LogP contribution in [0.5, 0.6) is 0 Å². The lowest BCUT2D eigenvalue weighted by Crippen LogP contribution is -2.29. The highest BCUT2D eigenvalue weighted by Crippen LogP contribution is 2.25. The molecular formula is C20H25N5O. The van der Waals surface area contributed by atoms with Gasteiger partial charge >= 0.3 is 0 Å². The van der Waals surface area contributed by atoms with Crippen molar-refractivity contribution in [2.75, 3.05) is 11.9 Å². The first-order valence-corrected chi connectivity index (χ1v) is 8.70. The number of aromatic nitrogens is 3. The average Bonchev–Trinajstić information content (AvgIpc) is 2.97. The monoisotopic (exact) mass is 351 g/mol. The molecule has 26 heavy (non-hydrogen) atoms. The summed E-state index contributed by atoms with van der Waals surface area (Å²) in [6.07, 6.45) is 1.83. The fourth-order valence-electron chi connectivity index (χ4n) is 2.46. The fourth-order valence-corrected chi connectivity index (χ4v) is 2.46. The van der Waals surface area contributed by atoms with Crippen LogP contribution < -0.4 is 5.32 Å². The zero-order valence-electron chi connectivity index (χ0n) is 15.9. The standard InChI is InChI=1S/C18H19N5O.C2H6/c1-12-16(14-6-4-5-13(9-14)10-19)22-23-8-7-15(21-17(12)23)20-11-18(2,3)24;1-2/h4-9,24H,11H2,1-3H3,(H,20,21);1-2H3. The van der Waals surface area contributed by atoms with Crippen LogP contribution >= 0.6 is 0 Å². The maximum atomic E-state index is 9.81. The van der Waals surface area contributed by atoms with E-state index in [4.69, 9.17) is 5.26 Å². The van der Waals surface area contributed by atoms with Crippen molar-refractivity contribution < 1.29 is 5.11 Å². The first kappa shape index (κ1) is 19.4. The molecule has 0 saturated carbocycles. The Hall–Kier alpha value is -2.91. The third-order valence-corrected chi connectivity index (χ3v) is 3.68. The van der Waals surface area contributed by atoms with Crippen LogP contribution in [0.3, 0.4) is 0 Å². The normalized spacial score (nSPS) is 10.8. The van der Waals surface area contributed by atoms with Crippen molar-refractivity contribution >= 4 is 11.5 Å². The largest absolute Gasteiger partial charge is 0.389 e. The van der Waals surface area contributed by atoms with Gasteiger partial charge in [-0.15, -0.1) is 0 Å². The van der Waals surface area contributed by atoms with Gasteiger partial charge in [0.1, 0.15) is 5.82 Å². The maximum Gasteiger partial charge on any atom is 0.160 e. The van der Waals surface area contributed by atoms with Gasteiger partial charge in [0.2, 0.25) is 0 Å². The number of nitriles is 1. The summed E-state index contributed by atoms with van der Waals surface area (Å²) in [5.74, 6) is 0.685. The summed E-state index contributed by atoms with van der Waals surface area (Å²) in [6, 6.07) is 11.3. The predicted octanol–water partition coefficient (Wildman–Crippen LogP) is 3.79. The second kappa shape index (κ2) is 7.98. The van der Waals surface area contributed by atoms with Gasteiger partial charge in [0.05, 0.1) is 22.9 Å². The van der Waals surface area contributed by atoms with E-state index in [9.17, 15) is 5.11 Å². The Morgan fingerprint density at radius 2 is 2.00 bits per heavy atom. The third kappa shape index (κ3) is 4.38. The molecule has 0 aliphatic carbocycles. The minimum atomic E-state index is -0.814. The zero-order valence-corrected chi connectivity index (χ0v) is 15.9. The molecule has 0 unspecified atom stereocenters. The van der Waals surface area contributed by atoms with E-state index < -0.39 is 5.60 Å². The lowest BCUT2D eigenvalue weighted by Gasteiger charge is -2.17. The highest BCUT2D eigenvalue weighted by atomic mass is 16.3. The Labute approximate surface area is 154 Å². The lowest BCUT2D eigenvalue weighted by atomic mass is 10.1. The van der Waals surface area contributed by atoms with E-state index >= 15 is 0 Å². The molecule has 6 heteroatoms. The van der Waals surface area contributed by atoms with Gasteiger partial charge in [0.15, 0.2) is 5.65 Å². The number of fused-ring (bicyclic) bond motifs is 1. The summed E-state index contributed by atoms with van der Waals surface area (Å²) >= 11 is 0. The molecule has 3 aromatic rings. The van der Waals surface area contributed by atoms with Crippen molar-refractivity contribution in [2.24, 2.45) is 0 Å². The molecule has 0 aliphatic heterocycles. The predicted molar refractivity (Wildman–Crippen MR) is 104 cm³/mol. The van der Waals surface area contributed by atoms with Gasteiger partial charge in [0, 0.05) is 23.9 Å². The molecule has 0 saturated heterocycles. The van der Waals surface area contributed by atoms with Gasteiger partial charge in [-0.3, -0.25) is 0 Å². The number of benzene rings is 1. The number of hydrogen-bond acceptors (Lipinski definition) is 5. The van der Waals surface area contributed by atoms with Crippen LogP contribution in [0.2, 0.25) is 0 Å². The number of hydrogen-bond donors (Lipinski definition) is 2. The van der Waals surface area contributed by atoms with Crippen LogP contribution in [0.15, 0.2) is 36.5 Å². The van der Waals surface area contributed by atoms with Crippen LogP contribution in [0.4, 0.5) is 5.82 Å². The van der Waals surface area contributed by atoms with Crippen LogP contribution in [-0.2, 0) is 0 Å². The van der Waals surface area contributed by atoms with Crippen molar-refractivity contribution in [3.8, 4) is 17.3 Å². The van der Waals surface area contributed by atoms with Crippen molar-refractivity contribution in [2.45, 2.75) is 40.2 Å². The van der Waals surface area contributed by atoms with E-state index in [0.29, 0.717) is 17.9 Å². The molecule has 0 atom stereocenters. The first-order chi connectivity index (χ1) is 12.4. The van der Waals surface area contributed by atoms with Gasteiger partial charge in [-0.1, -0.05) is 26.0 Å². The Balaban J connectivity index is 0.00000117. The molecule has 2 heterocycles. The minimum absolute atomic E-state index is 0.403. The second-order valence-electron chi connectivity index (χ2n) is 6.41. The summed E-state index contributed by atoms with van der Waals surface area (Å²) in [7, 11) is 0. The number of rotatable bonds is 4. The van der Waals surface area contributed by atoms with E-state index in [2.05, 4.69) is 21.5 Å². The molecule has 0 bridgehead atoms. The average molecular weight is 351 g/mol. The number of nitrogens with one attached hydrogen (secondary N) is 1. The van der Waals surface area contributed by atoms with E-state index in [-0.39, 0.29) is 0 Å². The number of anilines is 1. The molecular weight excluding hydrogens is 326 g/mol. The topological polar surface area (TPSA) is 86.2 Å². The molecule has 0 spiro atoms. The van der Waals surface area contributed by atoms with Crippen LogP contribution in [0, 0.1) is 18.3 Å². The Morgan fingerprint density at radius 3 is 2.65 bits per heavy atom. The minimum Gasteiger partial charge on any atom is -0.389 e. The van der Waals surface area contributed by atoms with Gasteiger partial charge < -0.3 is 10.4 Å². The highest BCUT2D eigenvalue weighted by Gasteiger charge is 2.15. The molecule has 1 aromatic carbocycles. The van der Waals surface area contributed by atoms with E-state index in [1.165, 1.54) is 0 Å². The lowest BCUT2D eigenvalue weighted by molar-refractivity contribution is 0.0944. The van der Waals surface area contributed by atoms with Crippen molar-refractivity contribution in [1.29, 1.82) is 5.26 Å². The summed E-state index contributed by atoms with van der Waals surface area (Å²) in [5, 5.41) is 26.6. The molecule has 136 valence electrons. The SMILES string of the molecule is CC.Cc1c(-c2cccc(C#N)c2)nn2ccc(NCC(C)(C)O)nc12. The van der Waals surface area contributed by atoms with E-state index in [0.717, 1.165) is 22.5 Å². The molecule has 0 amide bonds. The molecule has 3 rings (SSSR count). The Bertz CT molecular complexity index is 932. The summed E-state index contributed by atoms with van der Waals surface area (Å²) in [6.45, 7) is 9.84. The number of aliphatic hydroxyl groups is 1. The van der Waals surface area contributed by atoms with Crippen LogP contribution in [0.25, 0.3) is 16.9 Å². The van der Waals surface area contributed by atoms with Gasteiger partial charge in [-0.05, 0) is 39.0 Å². The first-order valence-electron chi connectivity index (χ1n) is 8.70. The van der Waals surface area contributed by atoms with Gasteiger partial charge in [-0.25, -0.2) is 9.50 Å². The summed E-state index contributed by atoms with van der Waals surface area (Å²) < 4.78 is 1.72. The van der Waals surface area contributed by atoms with Crippen molar-refractivity contribution in [1.82, 2.24) is 14.6 Å². The molecule has 6 nitrogen and oxygen atoms in total. The number of nitrogens with zero attached hydrogens (tertiary/aromatic N) is 4. The zero-order chi connectivity index (χ0) is 19.3. The Morgan fingerprint density at radius 1 is 1.27 bits per heavy atom. The second-order valence-corrected chi connectivity index (χ2v) is 6.41. The highest BCUT2D eigenvalue weighted by molar-refractivity contribution is 5.71. The molecule has 0 radical (unpaired) electrons. The van der Waals surface area contributed by atoms with Crippen molar-refractivity contribution in [3.63, 3.8) is 0 Å². The van der Waals surface area contributed by atoms with E-state index in [1.807, 2.05) is 51.2 Å².